The van der Waals surface area contributed by atoms with E-state index < -0.39 is 10.8 Å². The number of hydrogen-bond acceptors (Lipinski definition) is 5. The molecule has 0 fully saturated rings. The largest absolute Gasteiger partial charge is 0.492 e. The van der Waals surface area contributed by atoms with Crippen molar-refractivity contribution >= 4 is 10.8 Å². The van der Waals surface area contributed by atoms with Crippen molar-refractivity contribution in [2.75, 3.05) is 39.4 Å². The molecule has 3 rings (SSSR count). The van der Waals surface area contributed by atoms with Crippen LogP contribution in [0.25, 0.3) is 11.1 Å². The van der Waals surface area contributed by atoms with Gasteiger partial charge in [-0.25, -0.2) is 4.21 Å². The molecule has 0 amide bonds. The van der Waals surface area contributed by atoms with E-state index >= 15 is 0 Å². The Morgan fingerprint density at radius 1 is 0.808 bits per heavy atom. The maximum absolute atomic E-state index is 12.7. The lowest BCUT2D eigenvalue weighted by atomic mass is 10.1. The molecule has 1 aliphatic heterocycles. The van der Waals surface area contributed by atoms with Gasteiger partial charge in [0.25, 0.3) is 0 Å². The SMILES string of the molecule is CCNCCOc1ccc2c(c1)-c1cc(OCCNCC)ccc1S2=O. The zero-order chi connectivity index (χ0) is 18.4. The van der Waals surface area contributed by atoms with Gasteiger partial charge in [0.05, 0.1) is 20.6 Å². The Balaban J connectivity index is 1.77. The minimum Gasteiger partial charge on any atom is -0.492 e. The summed E-state index contributed by atoms with van der Waals surface area (Å²) in [7, 11) is -1.14. The van der Waals surface area contributed by atoms with Crippen LogP contribution >= 0.6 is 0 Å². The molecule has 5 nitrogen and oxygen atoms in total. The van der Waals surface area contributed by atoms with Crippen molar-refractivity contribution in [3.63, 3.8) is 0 Å². The molecule has 0 saturated carbocycles. The van der Waals surface area contributed by atoms with E-state index in [1.165, 1.54) is 0 Å². The topological polar surface area (TPSA) is 59.6 Å². The molecule has 0 atom stereocenters. The van der Waals surface area contributed by atoms with E-state index in [-0.39, 0.29) is 0 Å². The lowest BCUT2D eigenvalue weighted by Crippen LogP contribution is -2.20. The lowest BCUT2D eigenvalue weighted by Gasteiger charge is -2.09. The first kappa shape index (κ1) is 18.9. The molecule has 0 aromatic heterocycles. The van der Waals surface area contributed by atoms with Crippen molar-refractivity contribution in [1.82, 2.24) is 10.6 Å². The van der Waals surface area contributed by atoms with Gasteiger partial charge in [-0.15, -0.1) is 0 Å². The molecular weight excluding hydrogens is 348 g/mol. The molecule has 2 aromatic carbocycles. The number of likely N-dealkylation sites (N-methyl/N-ethyl adjacent to an activating group) is 2. The number of fused-ring (bicyclic) bond motifs is 3. The van der Waals surface area contributed by atoms with Crippen molar-refractivity contribution in [2.24, 2.45) is 0 Å². The zero-order valence-electron chi connectivity index (χ0n) is 15.3. The standard InChI is InChI=1S/C20H26N2O3S/c1-3-21-9-11-24-15-5-7-19-17(13-15)18-14-16(25-12-10-22-4-2)6-8-20(18)26(19)23/h5-8,13-14,21-22H,3-4,9-12H2,1-2H3. The summed E-state index contributed by atoms with van der Waals surface area (Å²) in [6.45, 7) is 8.82. The Morgan fingerprint density at radius 3 is 1.69 bits per heavy atom. The molecule has 0 spiro atoms. The van der Waals surface area contributed by atoms with Crippen molar-refractivity contribution < 1.29 is 13.7 Å². The first-order chi connectivity index (χ1) is 12.7. The van der Waals surface area contributed by atoms with E-state index in [1.807, 2.05) is 36.4 Å². The van der Waals surface area contributed by atoms with E-state index in [1.54, 1.807) is 0 Å². The minimum atomic E-state index is -1.14. The van der Waals surface area contributed by atoms with Crippen molar-refractivity contribution in [3.8, 4) is 22.6 Å². The van der Waals surface area contributed by atoms with Crippen LogP contribution in [0, 0.1) is 0 Å². The molecule has 26 heavy (non-hydrogen) atoms. The minimum absolute atomic E-state index is 0.607. The second kappa shape index (κ2) is 9.16. The number of ether oxygens (including phenoxy) is 2. The van der Waals surface area contributed by atoms with Crippen LogP contribution in [0.15, 0.2) is 46.2 Å². The van der Waals surface area contributed by atoms with Crippen molar-refractivity contribution in [2.45, 2.75) is 23.6 Å². The lowest BCUT2D eigenvalue weighted by molar-refractivity contribution is 0.315. The normalized spacial score (nSPS) is 12.7. The van der Waals surface area contributed by atoms with Crippen LogP contribution in [-0.4, -0.2) is 43.6 Å². The Bertz CT molecular complexity index is 716. The van der Waals surface area contributed by atoms with Crippen LogP contribution < -0.4 is 20.1 Å². The predicted molar refractivity (Wildman–Crippen MR) is 105 cm³/mol. The van der Waals surface area contributed by atoms with Crippen molar-refractivity contribution in [1.29, 1.82) is 0 Å². The Labute approximate surface area is 157 Å². The van der Waals surface area contributed by atoms with Crippen LogP contribution in [0.3, 0.4) is 0 Å². The molecule has 6 heteroatoms. The number of nitrogens with one attached hydrogen (secondary N) is 2. The van der Waals surface area contributed by atoms with Crippen LogP contribution in [0.4, 0.5) is 0 Å². The Kier molecular flexibility index (Phi) is 6.66. The van der Waals surface area contributed by atoms with Crippen LogP contribution in [0.2, 0.25) is 0 Å². The van der Waals surface area contributed by atoms with E-state index in [0.717, 1.165) is 58.6 Å². The summed E-state index contributed by atoms with van der Waals surface area (Å²) < 4.78 is 24.3. The van der Waals surface area contributed by atoms with E-state index in [9.17, 15) is 4.21 Å². The average Bonchev–Trinajstić information content (AvgIpc) is 2.94. The molecule has 0 radical (unpaired) electrons. The monoisotopic (exact) mass is 374 g/mol. The van der Waals surface area contributed by atoms with Gasteiger partial charge in [0.15, 0.2) is 0 Å². The second-order valence-electron chi connectivity index (χ2n) is 5.99. The highest BCUT2D eigenvalue weighted by Crippen LogP contribution is 2.43. The van der Waals surface area contributed by atoms with Gasteiger partial charge in [0.2, 0.25) is 0 Å². The third-order valence-electron chi connectivity index (χ3n) is 4.19. The maximum atomic E-state index is 12.7. The third kappa shape index (κ3) is 4.26. The molecule has 0 aliphatic carbocycles. The fraction of sp³-hybridized carbons (Fsp3) is 0.400. The third-order valence-corrected chi connectivity index (χ3v) is 5.70. The smallest absolute Gasteiger partial charge is 0.120 e. The molecule has 2 aromatic rings. The molecular formula is C20H26N2O3S. The summed E-state index contributed by atoms with van der Waals surface area (Å²) in [5.74, 6) is 1.59. The van der Waals surface area contributed by atoms with E-state index in [2.05, 4.69) is 24.5 Å². The molecule has 1 aliphatic rings. The molecule has 0 saturated heterocycles. The first-order valence-electron chi connectivity index (χ1n) is 9.12. The quantitative estimate of drug-likeness (QED) is 0.535. The summed E-state index contributed by atoms with van der Waals surface area (Å²) in [4.78, 5) is 1.67. The fourth-order valence-electron chi connectivity index (χ4n) is 2.90. The van der Waals surface area contributed by atoms with Gasteiger partial charge in [-0.05, 0) is 49.5 Å². The van der Waals surface area contributed by atoms with E-state index in [0.29, 0.717) is 13.2 Å². The number of benzene rings is 2. The molecule has 2 N–H and O–H groups in total. The highest BCUT2D eigenvalue weighted by Gasteiger charge is 2.26. The Morgan fingerprint density at radius 2 is 1.27 bits per heavy atom. The van der Waals surface area contributed by atoms with Gasteiger partial charge in [0, 0.05) is 24.2 Å². The van der Waals surface area contributed by atoms with Crippen LogP contribution in [0.1, 0.15) is 13.8 Å². The first-order valence-corrected chi connectivity index (χ1v) is 10.3. The van der Waals surface area contributed by atoms with Crippen LogP contribution in [0.5, 0.6) is 11.5 Å². The molecule has 140 valence electrons. The van der Waals surface area contributed by atoms with Gasteiger partial charge >= 0.3 is 0 Å². The van der Waals surface area contributed by atoms with Crippen molar-refractivity contribution in [3.05, 3.63) is 36.4 Å². The van der Waals surface area contributed by atoms with Crippen LogP contribution in [-0.2, 0) is 10.8 Å². The summed E-state index contributed by atoms with van der Waals surface area (Å²) in [6, 6.07) is 11.5. The second-order valence-corrected chi connectivity index (χ2v) is 7.41. The highest BCUT2D eigenvalue weighted by molar-refractivity contribution is 7.85. The van der Waals surface area contributed by atoms with Gasteiger partial charge in [-0.3, -0.25) is 0 Å². The number of hydrogen-bond donors (Lipinski definition) is 2. The fourth-order valence-corrected chi connectivity index (χ4v) is 4.25. The molecule has 0 bridgehead atoms. The van der Waals surface area contributed by atoms with Gasteiger partial charge in [-0.1, -0.05) is 13.8 Å². The Hall–Kier alpha value is -1.89. The van der Waals surface area contributed by atoms with Gasteiger partial charge in [-0.2, -0.15) is 0 Å². The zero-order valence-corrected chi connectivity index (χ0v) is 16.2. The number of rotatable bonds is 10. The summed E-state index contributed by atoms with van der Waals surface area (Å²) >= 11 is 0. The molecule has 1 heterocycles. The van der Waals surface area contributed by atoms with Gasteiger partial charge in [0.1, 0.15) is 24.7 Å². The van der Waals surface area contributed by atoms with Gasteiger partial charge < -0.3 is 20.1 Å². The van der Waals surface area contributed by atoms with E-state index in [4.69, 9.17) is 9.47 Å². The summed E-state index contributed by atoms with van der Waals surface area (Å²) in [6.07, 6.45) is 0. The summed E-state index contributed by atoms with van der Waals surface area (Å²) in [5.41, 5.74) is 1.94. The highest BCUT2D eigenvalue weighted by atomic mass is 32.2. The summed E-state index contributed by atoms with van der Waals surface area (Å²) in [5, 5.41) is 6.47. The average molecular weight is 375 g/mol. The maximum Gasteiger partial charge on any atom is 0.120 e. The molecule has 0 unspecified atom stereocenters. The predicted octanol–water partition coefficient (Wildman–Crippen LogP) is 2.81.